The van der Waals surface area contributed by atoms with E-state index in [4.69, 9.17) is 0 Å². The van der Waals surface area contributed by atoms with Gasteiger partial charge in [0.25, 0.3) is 0 Å². The molecule has 13 heteroatoms. The highest BCUT2D eigenvalue weighted by molar-refractivity contribution is 7.89. The van der Waals surface area contributed by atoms with Crippen LogP contribution < -0.4 is 16.0 Å². The first-order chi connectivity index (χ1) is 17.1. The molecule has 0 bridgehead atoms. The monoisotopic (exact) mass is 526 g/mol. The van der Waals surface area contributed by atoms with E-state index in [-0.39, 0.29) is 37.4 Å². The van der Waals surface area contributed by atoms with Crippen LogP contribution in [0.3, 0.4) is 0 Å². The van der Waals surface area contributed by atoms with E-state index >= 15 is 0 Å². The van der Waals surface area contributed by atoms with E-state index in [1.807, 2.05) is 11.0 Å². The topological polar surface area (TPSA) is 107 Å². The van der Waals surface area contributed by atoms with Crippen LogP contribution in [0.15, 0.2) is 53.7 Å². The van der Waals surface area contributed by atoms with E-state index in [9.17, 15) is 26.4 Å². The van der Waals surface area contributed by atoms with Crippen molar-refractivity contribution in [3.8, 4) is 0 Å². The number of hydrogen-bond acceptors (Lipinski definition) is 6. The van der Waals surface area contributed by atoms with Crippen LogP contribution in [0.5, 0.6) is 0 Å². The van der Waals surface area contributed by atoms with Gasteiger partial charge >= 0.3 is 12.2 Å². The lowest BCUT2D eigenvalue weighted by molar-refractivity contribution is -0.187. The summed E-state index contributed by atoms with van der Waals surface area (Å²) >= 11 is 0. The fraction of sp³-hybridized carbons (Fsp3) is 0.478. The van der Waals surface area contributed by atoms with E-state index in [1.165, 1.54) is 28.6 Å². The minimum atomic E-state index is -4.22. The number of sulfonamides is 1. The second-order valence-electron chi connectivity index (χ2n) is 8.87. The molecule has 0 saturated carbocycles. The molecule has 2 saturated heterocycles. The molecule has 36 heavy (non-hydrogen) atoms. The lowest BCUT2D eigenvalue weighted by atomic mass is 9.94. The third-order valence-electron chi connectivity index (χ3n) is 6.48. The molecule has 2 atom stereocenters. The molecule has 3 N–H and O–H groups in total. The number of nitrogens with one attached hydrogen (secondary N) is 3. The summed E-state index contributed by atoms with van der Waals surface area (Å²) in [6.07, 6.45) is -1.31. The smallest absolute Gasteiger partial charge is 0.334 e. The number of anilines is 1. The summed E-state index contributed by atoms with van der Waals surface area (Å²) in [5, 5.41) is 8.48. The Morgan fingerprint density at radius 1 is 1.11 bits per heavy atom. The van der Waals surface area contributed by atoms with Crippen LogP contribution in [-0.2, 0) is 16.6 Å². The minimum Gasteiger partial charge on any atom is -0.334 e. The molecule has 0 radical (unpaired) electrons. The quantitative estimate of drug-likeness (QED) is 0.534. The average Bonchev–Trinajstić information content (AvgIpc) is 2.88. The average molecular weight is 527 g/mol. The van der Waals surface area contributed by atoms with Gasteiger partial charge in [-0.05, 0) is 55.3 Å². The van der Waals surface area contributed by atoms with E-state index in [2.05, 4.69) is 20.9 Å². The molecule has 196 valence electrons. The number of piperidine rings is 1. The zero-order valence-electron chi connectivity index (χ0n) is 19.5. The summed E-state index contributed by atoms with van der Waals surface area (Å²) < 4.78 is 66.9. The highest BCUT2D eigenvalue weighted by atomic mass is 32.2. The number of amides is 2. The number of nitrogens with zero attached hydrogens (tertiary/aromatic N) is 3. The first-order valence-corrected chi connectivity index (χ1v) is 13.1. The summed E-state index contributed by atoms with van der Waals surface area (Å²) in [7, 11) is -3.77. The van der Waals surface area contributed by atoms with Crippen molar-refractivity contribution < 1.29 is 26.4 Å². The van der Waals surface area contributed by atoms with Gasteiger partial charge in [-0.1, -0.05) is 6.07 Å². The van der Waals surface area contributed by atoms with Gasteiger partial charge < -0.3 is 16.0 Å². The van der Waals surface area contributed by atoms with Crippen LogP contribution in [0.25, 0.3) is 0 Å². The Morgan fingerprint density at radius 3 is 2.47 bits per heavy atom. The minimum absolute atomic E-state index is 0.0273. The second kappa shape index (κ2) is 11.1. The van der Waals surface area contributed by atoms with E-state index in [1.54, 1.807) is 18.5 Å². The number of aromatic nitrogens is 1. The van der Waals surface area contributed by atoms with Gasteiger partial charge in [-0.25, -0.2) is 13.2 Å². The molecular formula is C23H29F3N6O3S. The third-order valence-corrected chi connectivity index (χ3v) is 8.40. The van der Waals surface area contributed by atoms with Gasteiger partial charge in [0.1, 0.15) is 0 Å². The highest BCUT2D eigenvalue weighted by Crippen LogP contribution is 2.35. The number of halogens is 3. The summed E-state index contributed by atoms with van der Waals surface area (Å²) in [5.74, 6) is -1.34. The molecule has 9 nitrogen and oxygen atoms in total. The van der Waals surface area contributed by atoms with Gasteiger partial charge in [0.05, 0.1) is 17.0 Å². The SMILES string of the molecule is O=C(NCc1cccnc1)Nc1ccc(S(=O)(=O)N2CCN(C3CC(C(F)(F)F)CCN3)CC2)cc1. The van der Waals surface area contributed by atoms with Gasteiger partial charge in [0, 0.05) is 50.8 Å². The Bertz CT molecular complexity index is 1120. The zero-order chi connectivity index (χ0) is 25.8. The highest BCUT2D eigenvalue weighted by Gasteiger charge is 2.43. The largest absolute Gasteiger partial charge is 0.391 e. The fourth-order valence-electron chi connectivity index (χ4n) is 4.45. The molecule has 0 aliphatic carbocycles. The number of rotatable bonds is 6. The van der Waals surface area contributed by atoms with Crippen LogP contribution in [0.4, 0.5) is 23.7 Å². The van der Waals surface area contributed by atoms with Crippen molar-refractivity contribution in [1.29, 1.82) is 0 Å². The van der Waals surface area contributed by atoms with Crippen LogP contribution in [0.1, 0.15) is 18.4 Å². The van der Waals surface area contributed by atoms with E-state index in [0.717, 1.165) is 5.56 Å². The van der Waals surface area contributed by atoms with Crippen LogP contribution in [0.2, 0.25) is 0 Å². The Hall–Kier alpha value is -2.74. The van der Waals surface area contributed by atoms with Crippen molar-refractivity contribution in [2.75, 3.05) is 38.0 Å². The number of piperazine rings is 1. The molecule has 2 fully saturated rings. The number of alkyl halides is 3. The molecule has 1 aromatic carbocycles. The van der Waals surface area contributed by atoms with Crippen LogP contribution in [0, 0.1) is 5.92 Å². The molecule has 2 aliphatic heterocycles. The van der Waals surface area contributed by atoms with Gasteiger partial charge in [0.2, 0.25) is 10.0 Å². The molecule has 2 unspecified atom stereocenters. The van der Waals surface area contributed by atoms with Gasteiger partial charge in [-0.3, -0.25) is 9.88 Å². The first kappa shape index (κ1) is 26.3. The van der Waals surface area contributed by atoms with Crippen molar-refractivity contribution in [2.24, 2.45) is 5.92 Å². The number of pyridine rings is 1. The molecule has 2 aromatic rings. The Balaban J connectivity index is 1.29. The summed E-state index contributed by atoms with van der Waals surface area (Å²) in [5.41, 5.74) is 1.28. The number of carbonyl (C=O) groups excluding carboxylic acids is 1. The van der Waals surface area contributed by atoms with E-state index < -0.39 is 34.3 Å². The normalized spacial score (nSPS) is 22.2. The maximum atomic E-state index is 13.1. The van der Waals surface area contributed by atoms with Gasteiger partial charge in [-0.15, -0.1) is 0 Å². The summed E-state index contributed by atoms with van der Waals surface area (Å²) in [6.45, 7) is 1.65. The van der Waals surface area contributed by atoms with Crippen molar-refractivity contribution >= 4 is 21.7 Å². The number of urea groups is 1. The Labute approximate surface area is 208 Å². The summed E-state index contributed by atoms with van der Waals surface area (Å²) in [4.78, 5) is 18.1. The Morgan fingerprint density at radius 2 is 1.83 bits per heavy atom. The maximum absolute atomic E-state index is 13.1. The molecule has 3 heterocycles. The third kappa shape index (κ3) is 6.52. The fourth-order valence-corrected chi connectivity index (χ4v) is 5.87. The predicted octanol–water partition coefficient (Wildman–Crippen LogP) is 2.60. The first-order valence-electron chi connectivity index (χ1n) is 11.7. The molecule has 0 spiro atoms. The van der Waals surface area contributed by atoms with E-state index in [0.29, 0.717) is 25.3 Å². The van der Waals surface area contributed by atoms with Crippen molar-refractivity contribution in [3.63, 3.8) is 0 Å². The number of benzene rings is 1. The Kier molecular flexibility index (Phi) is 8.13. The van der Waals surface area contributed by atoms with Gasteiger partial charge in [-0.2, -0.15) is 17.5 Å². The predicted molar refractivity (Wildman–Crippen MR) is 127 cm³/mol. The second-order valence-corrected chi connectivity index (χ2v) is 10.8. The van der Waals surface area contributed by atoms with Gasteiger partial charge in [0.15, 0.2) is 0 Å². The standard InChI is InChI=1S/C23H29F3N6O3S/c24-23(25,26)18-7-9-28-21(14-18)31-10-12-32(13-11-31)36(34,35)20-5-3-19(4-6-20)30-22(33)29-16-17-2-1-8-27-15-17/h1-6,8,15,18,21,28H,7,9-14,16H2,(H2,29,30,33). The molecular weight excluding hydrogens is 497 g/mol. The molecule has 2 amide bonds. The molecule has 2 aliphatic rings. The van der Waals surface area contributed by atoms with Crippen molar-refractivity contribution in [3.05, 3.63) is 54.4 Å². The molecule has 4 rings (SSSR count). The lowest BCUT2D eigenvalue weighted by Crippen LogP contribution is -2.58. The zero-order valence-corrected chi connectivity index (χ0v) is 20.4. The summed E-state index contributed by atoms with van der Waals surface area (Å²) in [6, 6.07) is 9.03. The van der Waals surface area contributed by atoms with Crippen LogP contribution >= 0.6 is 0 Å². The molecule has 1 aromatic heterocycles. The van der Waals surface area contributed by atoms with Crippen molar-refractivity contribution in [1.82, 2.24) is 24.8 Å². The lowest BCUT2D eigenvalue weighted by Gasteiger charge is -2.42. The number of hydrogen-bond donors (Lipinski definition) is 3. The maximum Gasteiger partial charge on any atom is 0.391 e. The number of carbonyl (C=O) groups is 1. The van der Waals surface area contributed by atoms with Crippen molar-refractivity contribution in [2.45, 2.75) is 36.6 Å². The van der Waals surface area contributed by atoms with Crippen LogP contribution in [-0.4, -0.2) is 73.7 Å².